The maximum atomic E-state index is 13.0. The fourth-order valence-electron chi connectivity index (χ4n) is 1.83. The van der Waals surface area contributed by atoms with E-state index in [1.54, 1.807) is 0 Å². The van der Waals surface area contributed by atoms with Crippen molar-refractivity contribution in [3.05, 3.63) is 29.8 Å². The van der Waals surface area contributed by atoms with E-state index in [-0.39, 0.29) is 17.0 Å². The predicted molar refractivity (Wildman–Crippen MR) is 68.1 cm³/mol. The van der Waals surface area contributed by atoms with Gasteiger partial charge in [0.2, 0.25) is 0 Å². The normalized spacial score (nSPS) is 26.8. The zero-order valence-corrected chi connectivity index (χ0v) is 11.6. The van der Waals surface area contributed by atoms with Crippen molar-refractivity contribution in [2.45, 2.75) is 36.8 Å². The predicted octanol–water partition coefficient (Wildman–Crippen LogP) is 3.67. The summed E-state index contributed by atoms with van der Waals surface area (Å²) in [6.07, 6.45) is 1.60. The van der Waals surface area contributed by atoms with Crippen LogP contribution < -0.4 is 4.74 Å². The van der Waals surface area contributed by atoms with Crippen LogP contribution in [0.25, 0.3) is 0 Å². The van der Waals surface area contributed by atoms with Crippen LogP contribution >= 0.6 is 15.9 Å². The molecule has 0 bridgehead atoms. The van der Waals surface area contributed by atoms with E-state index in [2.05, 4.69) is 15.9 Å². The van der Waals surface area contributed by atoms with Gasteiger partial charge in [0, 0.05) is 23.9 Å². The molecule has 1 aromatic rings. The zero-order valence-electron chi connectivity index (χ0n) is 10.0. The number of alkyl halides is 1. The third-order valence-electron chi connectivity index (χ3n) is 2.87. The van der Waals surface area contributed by atoms with Gasteiger partial charge in [0.1, 0.15) is 18.0 Å². The monoisotopic (exact) mass is 320 g/mol. The minimum Gasteiger partial charge on any atom is -0.488 e. The lowest BCUT2D eigenvalue weighted by Crippen LogP contribution is -2.52. The number of hydrogen-bond donors (Lipinski definition) is 0. The Labute approximate surface area is 113 Å². The topological polar surface area (TPSA) is 18.5 Å². The maximum absolute atomic E-state index is 13.0. The van der Waals surface area contributed by atoms with Crippen molar-refractivity contribution in [1.82, 2.24) is 0 Å². The molecule has 1 aromatic carbocycles. The van der Waals surface area contributed by atoms with Gasteiger partial charge in [-0.3, -0.25) is 0 Å². The maximum Gasteiger partial charge on any atom is 0.162 e. The number of halogens is 3. The number of ether oxygens (including phenoxy) is 2. The molecule has 1 saturated carbocycles. The van der Waals surface area contributed by atoms with Crippen molar-refractivity contribution in [3.8, 4) is 5.75 Å². The highest BCUT2D eigenvalue weighted by Gasteiger charge is 2.42. The highest BCUT2D eigenvalue weighted by molar-refractivity contribution is 9.09. The Hall–Kier alpha value is -0.680. The van der Waals surface area contributed by atoms with Gasteiger partial charge in [-0.2, -0.15) is 0 Å². The van der Waals surface area contributed by atoms with Crippen LogP contribution in [0.1, 0.15) is 19.8 Å². The highest BCUT2D eigenvalue weighted by atomic mass is 79.9. The first-order valence-electron chi connectivity index (χ1n) is 5.99. The zero-order chi connectivity index (χ0) is 13.1. The second kappa shape index (κ2) is 5.97. The fraction of sp³-hybridized carbons (Fsp3) is 0.538. The first-order chi connectivity index (χ1) is 8.61. The van der Waals surface area contributed by atoms with Crippen LogP contribution in [-0.2, 0) is 4.74 Å². The van der Waals surface area contributed by atoms with E-state index in [0.717, 1.165) is 25.0 Å². The fourth-order valence-corrected chi connectivity index (χ4v) is 2.69. The molecule has 3 atom stereocenters. The lowest BCUT2D eigenvalue weighted by molar-refractivity contribution is -0.0763. The van der Waals surface area contributed by atoms with Gasteiger partial charge < -0.3 is 9.47 Å². The number of hydrogen-bond acceptors (Lipinski definition) is 2. The van der Waals surface area contributed by atoms with Crippen molar-refractivity contribution in [3.63, 3.8) is 0 Å². The molecule has 2 rings (SSSR count). The molecule has 5 heteroatoms. The highest BCUT2D eigenvalue weighted by Crippen LogP contribution is 2.34. The Morgan fingerprint density at radius 1 is 1.33 bits per heavy atom. The molecule has 0 heterocycles. The van der Waals surface area contributed by atoms with Crippen LogP contribution in [0.15, 0.2) is 18.2 Å². The minimum atomic E-state index is -0.895. The van der Waals surface area contributed by atoms with Gasteiger partial charge in [0.25, 0.3) is 0 Å². The van der Waals surface area contributed by atoms with Crippen molar-refractivity contribution in [2.75, 3.05) is 6.61 Å². The summed E-state index contributed by atoms with van der Waals surface area (Å²) in [4.78, 5) is 0.263. The molecule has 100 valence electrons. The lowest BCUT2D eigenvalue weighted by atomic mass is 9.91. The Morgan fingerprint density at radius 3 is 2.72 bits per heavy atom. The van der Waals surface area contributed by atoms with E-state index in [1.807, 2.05) is 6.92 Å². The molecule has 0 aromatic heterocycles. The Morgan fingerprint density at radius 2 is 2.11 bits per heavy atom. The van der Waals surface area contributed by atoms with E-state index in [4.69, 9.17) is 9.47 Å². The van der Waals surface area contributed by atoms with Crippen molar-refractivity contribution < 1.29 is 18.3 Å². The number of rotatable bonds is 5. The molecule has 0 spiro atoms. The largest absolute Gasteiger partial charge is 0.488 e. The van der Waals surface area contributed by atoms with Gasteiger partial charge in [-0.05, 0) is 18.6 Å². The molecule has 0 N–H and O–H groups in total. The summed E-state index contributed by atoms with van der Waals surface area (Å²) in [5, 5.41) is 0. The van der Waals surface area contributed by atoms with Gasteiger partial charge in [-0.15, -0.1) is 0 Å². The molecule has 3 unspecified atom stereocenters. The molecule has 1 aliphatic rings. The first-order valence-corrected chi connectivity index (χ1v) is 6.90. The van der Waals surface area contributed by atoms with Crippen molar-refractivity contribution in [2.24, 2.45) is 0 Å². The molecular formula is C13H15BrF2O2. The molecule has 1 fully saturated rings. The molecule has 18 heavy (non-hydrogen) atoms. The van der Waals surface area contributed by atoms with E-state index in [1.165, 1.54) is 6.07 Å². The number of benzene rings is 1. The third kappa shape index (κ3) is 3.01. The summed E-state index contributed by atoms with van der Waals surface area (Å²) in [6.45, 7) is 2.71. The molecule has 1 aliphatic carbocycles. The van der Waals surface area contributed by atoms with Gasteiger partial charge in [0.15, 0.2) is 11.6 Å². The van der Waals surface area contributed by atoms with Crippen LogP contribution in [0.5, 0.6) is 5.75 Å². The van der Waals surface area contributed by atoms with E-state index in [0.29, 0.717) is 12.4 Å². The molecule has 0 aliphatic heterocycles. The summed E-state index contributed by atoms with van der Waals surface area (Å²) in [6, 6.07) is 3.56. The van der Waals surface area contributed by atoms with Crippen LogP contribution in [0.2, 0.25) is 0 Å². The summed E-state index contributed by atoms with van der Waals surface area (Å²) < 4.78 is 37.1. The van der Waals surface area contributed by atoms with E-state index in [9.17, 15) is 8.78 Å². The van der Waals surface area contributed by atoms with Crippen molar-refractivity contribution >= 4 is 15.9 Å². The average Bonchev–Trinajstić information content (AvgIpc) is 2.33. The van der Waals surface area contributed by atoms with Gasteiger partial charge >= 0.3 is 0 Å². The Bertz CT molecular complexity index is 414. The molecular weight excluding hydrogens is 306 g/mol. The second-order valence-electron chi connectivity index (χ2n) is 4.32. The Kier molecular flexibility index (Phi) is 4.56. The van der Waals surface area contributed by atoms with Crippen LogP contribution in [0.3, 0.4) is 0 Å². The molecule has 0 amide bonds. The van der Waals surface area contributed by atoms with Crippen LogP contribution in [0, 0.1) is 11.6 Å². The molecule has 2 nitrogen and oxygen atoms in total. The lowest BCUT2D eigenvalue weighted by Gasteiger charge is -2.40. The summed E-state index contributed by atoms with van der Waals surface area (Å²) in [5.41, 5.74) is 0. The SMILES string of the molecule is CCCOC1C(Br)CC1Oc1ccc(F)c(F)c1. The second-order valence-corrected chi connectivity index (χ2v) is 5.50. The Balaban J connectivity index is 1.94. The van der Waals surface area contributed by atoms with Gasteiger partial charge in [-0.25, -0.2) is 8.78 Å². The van der Waals surface area contributed by atoms with E-state index >= 15 is 0 Å². The minimum absolute atomic E-state index is 0.0296. The standard InChI is InChI=1S/C13H15BrF2O2/c1-2-5-17-13-9(14)7-12(13)18-8-3-4-10(15)11(16)6-8/h3-4,6,9,12-13H,2,5,7H2,1H3. The third-order valence-corrected chi connectivity index (χ3v) is 3.77. The van der Waals surface area contributed by atoms with Crippen LogP contribution in [0.4, 0.5) is 8.78 Å². The smallest absolute Gasteiger partial charge is 0.162 e. The van der Waals surface area contributed by atoms with Gasteiger partial charge in [0.05, 0.1) is 0 Å². The van der Waals surface area contributed by atoms with Crippen LogP contribution in [-0.4, -0.2) is 23.6 Å². The molecule has 0 radical (unpaired) electrons. The quantitative estimate of drug-likeness (QED) is 0.771. The first kappa shape index (κ1) is 13.7. The van der Waals surface area contributed by atoms with Gasteiger partial charge in [-0.1, -0.05) is 22.9 Å². The summed E-state index contributed by atoms with van der Waals surface area (Å²) in [5.74, 6) is -1.43. The van der Waals surface area contributed by atoms with Crippen molar-refractivity contribution in [1.29, 1.82) is 0 Å². The summed E-state index contributed by atoms with van der Waals surface area (Å²) >= 11 is 3.50. The summed E-state index contributed by atoms with van der Waals surface area (Å²) in [7, 11) is 0. The van der Waals surface area contributed by atoms with E-state index < -0.39 is 11.6 Å². The molecule has 0 saturated heterocycles. The average molecular weight is 321 g/mol.